The topological polar surface area (TPSA) is 56.4 Å². The average molecular weight is 295 g/mol. The largest absolute Gasteiger partial charge is 0.384 e. The number of nitrogens with two attached hydrogens (primary N) is 1. The van der Waals surface area contributed by atoms with Gasteiger partial charge in [0, 0.05) is 49.0 Å². The molecule has 0 bridgehead atoms. The molecule has 0 atom stereocenters. The molecule has 1 aromatic rings. The van der Waals surface area contributed by atoms with Gasteiger partial charge in [0.05, 0.1) is 0 Å². The van der Waals surface area contributed by atoms with Crippen LogP contribution in [0, 0.1) is 11.3 Å². The van der Waals surface area contributed by atoms with Crippen LogP contribution in [0.15, 0.2) is 18.2 Å². The molecule has 1 fully saturated rings. The van der Waals surface area contributed by atoms with E-state index >= 15 is 0 Å². The monoisotopic (exact) mass is 294 g/mol. The van der Waals surface area contributed by atoms with Crippen molar-refractivity contribution in [3.8, 4) is 0 Å². The first-order valence-electron chi connectivity index (χ1n) is 7.08. The van der Waals surface area contributed by atoms with Crippen molar-refractivity contribution in [1.82, 2.24) is 4.90 Å². The summed E-state index contributed by atoms with van der Waals surface area (Å²) >= 11 is 6.00. The third kappa shape index (κ3) is 3.64. The smallest absolute Gasteiger partial charge is 0.124 e. The Morgan fingerprint density at radius 3 is 2.50 bits per heavy atom. The molecule has 1 heterocycles. The minimum Gasteiger partial charge on any atom is -0.384 e. The van der Waals surface area contributed by atoms with Gasteiger partial charge in [0.15, 0.2) is 0 Å². The Kier molecular flexibility index (Phi) is 4.89. The van der Waals surface area contributed by atoms with E-state index in [1.807, 2.05) is 12.1 Å². The minimum absolute atomic E-state index is 0.0760. The van der Waals surface area contributed by atoms with Crippen molar-refractivity contribution in [2.75, 3.05) is 37.6 Å². The lowest BCUT2D eigenvalue weighted by atomic mass is 10.1. The summed E-state index contributed by atoms with van der Waals surface area (Å²) in [6.45, 7) is 9.69. The molecule has 0 aromatic heterocycles. The van der Waals surface area contributed by atoms with Gasteiger partial charge in [-0.2, -0.15) is 0 Å². The molecule has 20 heavy (non-hydrogen) atoms. The number of piperazine rings is 1. The Morgan fingerprint density at radius 2 is 1.95 bits per heavy atom. The van der Waals surface area contributed by atoms with Gasteiger partial charge in [0.2, 0.25) is 0 Å². The number of anilines is 1. The van der Waals surface area contributed by atoms with Gasteiger partial charge in [-0.15, -0.1) is 0 Å². The van der Waals surface area contributed by atoms with Crippen molar-refractivity contribution in [3.05, 3.63) is 28.8 Å². The normalized spacial score (nSPS) is 16.7. The highest BCUT2D eigenvalue weighted by Gasteiger charge is 2.20. The Labute approximate surface area is 126 Å². The molecule has 0 radical (unpaired) electrons. The van der Waals surface area contributed by atoms with Crippen molar-refractivity contribution in [2.24, 2.45) is 11.7 Å². The van der Waals surface area contributed by atoms with E-state index in [1.54, 1.807) is 6.07 Å². The Morgan fingerprint density at radius 1 is 1.30 bits per heavy atom. The van der Waals surface area contributed by atoms with Crippen molar-refractivity contribution < 1.29 is 0 Å². The quantitative estimate of drug-likeness (QED) is 0.662. The van der Waals surface area contributed by atoms with Crippen LogP contribution in [0.2, 0.25) is 5.02 Å². The summed E-state index contributed by atoms with van der Waals surface area (Å²) in [6, 6.07) is 5.61. The summed E-state index contributed by atoms with van der Waals surface area (Å²) in [5, 5.41) is 8.33. The maximum Gasteiger partial charge on any atom is 0.124 e. The highest BCUT2D eigenvalue weighted by Crippen LogP contribution is 2.25. The Bertz CT molecular complexity index is 479. The summed E-state index contributed by atoms with van der Waals surface area (Å²) in [5.41, 5.74) is 7.42. The zero-order valence-corrected chi connectivity index (χ0v) is 13.0. The van der Waals surface area contributed by atoms with E-state index in [4.69, 9.17) is 22.7 Å². The number of halogens is 1. The SMILES string of the molecule is CC(C)CN1CCN(c2ccc(Cl)cc2C(=N)N)CC1. The molecule has 4 nitrogen and oxygen atoms in total. The van der Waals surface area contributed by atoms with Crippen molar-refractivity contribution in [2.45, 2.75) is 13.8 Å². The summed E-state index contributed by atoms with van der Waals surface area (Å²) in [4.78, 5) is 4.79. The van der Waals surface area contributed by atoms with Gasteiger partial charge in [-0.3, -0.25) is 10.3 Å². The van der Waals surface area contributed by atoms with Gasteiger partial charge in [0.25, 0.3) is 0 Å². The van der Waals surface area contributed by atoms with Crippen LogP contribution < -0.4 is 10.6 Å². The van der Waals surface area contributed by atoms with E-state index in [9.17, 15) is 0 Å². The van der Waals surface area contributed by atoms with Crippen molar-refractivity contribution >= 4 is 23.1 Å². The molecule has 5 heteroatoms. The molecule has 3 N–H and O–H groups in total. The number of rotatable bonds is 4. The third-order valence-electron chi connectivity index (χ3n) is 3.59. The van der Waals surface area contributed by atoms with Crippen LogP contribution in [-0.2, 0) is 0 Å². The predicted octanol–water partition coefficient (Wildman–Crippen LogP) is 2.40. The van der Waals surface area contributed by atoms with Gasteiger partial charge >= 0.3 is 0 Å². The van der Waals surface area contributed by atoms with Crippen LogP contribution in [0.1, 0.15) is 19.4 Å². The van der Waals surface area contributed by atoms with Gasteiger partial charge in [-0.05, 0) is 24.1 Å². The van der Waals surface area contributed by atoms with Crippen molar-refractivity contribution in [3.63, 3.8) is 0 Å². The number of nitrogen functional groups attached to an aromatic ring is 1. The number of nitrogens with zero attached hydrogens (tertiary/aromatic N) is 2. The zero-order valence-electron chi connectivity index (χ0n) is 12.2. The molecule has 1 aromatic carbocycles. The summed E-state index contributed by atoms with van der Waals surface area (Å²) < 4.78 is 0. The van der Waals surface area contributed by atoms with Crippen LogP contribution in [0.25, 0.3) is 0 Å². The van der Waals surface area contributed by atoms with Gasteiger partial charge < -0.3 is 10.6 Å². The molecule has 0 aliphatic carbocycles. The van der Waals surface area contributed by atoms with Gasteiger partial charge in [-0.25, -0.2) is 0 Å². The maximum atomic E-state index is 7.71. The second-order valence-electron chi connectivity index (χ2n) is 5.76. The highest BCUT2D eigenvalue weighted by atomic mass is 35.5. The van der Waals surface area contributed by atoms with E-state index in [2.05, 4.69) is 23.6 Å². The molecular formula is C15H23ClN4. The Hall–Kier alpha value is -1.26. The number of amidine groups is 1. The third-order valence-corrected chi connectivity index (χ3v) is 3.82. The second-order valence-corrected chi connectivity index (χ2v) is 6.19. The molecule has 2 rings (SSSR count). The van der Waals surface area contributed by atoms with Crippen LogP contribution in [0.4, 0.5) is 5.69 Å². The molecule has 1 aliphatic heterocycles. The number of nitrogens with one attached hydrogen (secondary N) is 1. The van der Waals surface area contributed by atoms with Gasteiger partial charge in [0.1, 0.15) is 5.84 Å². The molecular weight excluding hydrogens is 272 g/mol. The van der Waals surface area contributed by atoms with Crippen LogP contribution >= 0.6 is 11.6 Å². The summed E-state index contributed by atoms with van der Waals surface area (Å²) in [7, 11) is 0. The number of hydrogen-bond donors (Lipinski definition) is 2. The van der Waals surface area contributed by atoms with E-state index in [0.29, 0.717) is 10.9 Å². The number of hydrogen-bond acceptors (Lipinski definition) is 3. The van der Waals surface area contributed by atoms with E-state index in [0.717, 1.165) is 44.0 Å². The summed E-state index contributed by atoms with van der Waals surface area (Å²) in [6.07, 6.45) is 0. The fourth-order valence-corrected chi connectivity index (χ4v) is 2.86. The Balaban J connectivity index is 2.09. The maximum absolute atomic E-state index is 7.71. The van der Waals surface area contributed by atoms with E-state index in [-0.39, 0.29) is 5.84 Å². The molecule has 0 saturated carbocycles. The lowest BCUT2D eigenvalue weighted by molar-refractivity contribution is 0.231. The first-order valence-corrected chi connectivity index (χ1v) is 7.46. The predicted molar refractivity (Wildman–Crippen MR) is 86.0 cm³/mol. The highest BCUT2D eigenvalue weighted by molar-refractivity contribution is 6.31. The van der Waals surface area contributed by atoms with E-state index < -0.39 is 0 Å². The molecule has 1 aliphatic rings. The first-order chi connectivity index (χ1) is 9.47. The molecule has 0 spiro atoms. The fourth-order valence-electron chi connectivity index (χ4n) is 2.69. The molecule has 0 unspecified atom stereocenters. The lowest BCUT2D eigenvalue weighted by Crippen LogP contribution is -2.47. The number of benzene rings is 1. The fraction of sp³-hybridized carbons (Fsp3) is 0.533. The van der Waals surface area contributed by atoms with Crippen LogP contribution in [0.5, 0.6) is 0 Å². The zero-order chi connectivity index (χ0) is 14.7. The lowest BCUT2D eigenvalue weighted by Gasteiger charge is -2.37. The standard InChI is InChI=1S/C15H23ClN4/c1-11(2)10-19-5-7-20(8-6-19)14-4-3-12(16)9-13(14)15(17)18/h3-4,9,11H,5-8,10H2,1-2H3,(H3,17,18). The average Bonchev–Trinajstić information content (AvgIpc) is 2.39. The van der Waals surface area contributed by atoms with E-state index in [1.165, 1.54) is 0 Å². The second kappa shape index (κ2) is 6.46. The molecule has 110 valence electrons. The molecule has 0 amide bonds. The minimum atomic E-state index is 0.0760. The van der Waals surface area contributed by atoms with Crippen molar-refractivity contribution in [1.29, 1.82) is 5.41 Å². The van der Waals surface area contributed by atoms with Crippen LogP contribution in [-0.4, -0.2) is 43.5 Å². The molecule has 1 saturated heterocycles. The van der Waals surface area contributed by atoms with Gasteiger partial charge in [-0.1, -0.05) is 25.4 Å². The summed E-state index contributed by atoms with van der Waals surface area (Å²) in [5.74, 6) is 0.775. The van der Waals surface area contributed by atoms with Crippen LogP contribution in [0.3, 0.4) is 0 Å². The first kappa shape index (κ1) is 15.1.